The number of benzene rings is 2. The van der Waals surface area contributed by atoms with E-state index in [0.717, 1.165) is 51.5 Å². The number of nitrogens with zero attached hydrogens (tertiary/aromatic N) is 1. The summed E-state index contributed by atoms with van der Waals surface area (Å²) >= 11 is 3.42. The summed E-state index contributed by atoms with van der Waals surface area (Å²) < 4.78 is 6.69. The average molecular weight is 410 g/mol. The number of aromatic nitrogens is 1. The van der Waals surface area contributed by atoms with E-state index in [2.05, 4.69) is 22.9 Å². The Bertz CT molecular complexity index is 966. The quantitative estimate of drug-likeness (QED) is 0.537. The van der Waals surface area contributed by atoms with Gasteiger partial charge in [-0.15, -0.1) is 0 Å². The first kappa shape index (κ1) is 17.2. The molecule has 4 rings (SSSR count). The van der Waals surface area contributed by atoms with Crippen LogP contribution in [0.15, 0.2) is 53.0 Å². The summed E-state index contributed by atoms with van der Waals surface area (Å²) in [5.41, 5.74) is 4.67. The molecule has 0 aliphatic heterocycles. The highest BCUT2D eigenvalue weighted by Gasteiger charge is 2.26. The van der Waals surface area contributed by atoms with Gasteiger partial charge in [0.15, 0.2) is 0 Å². The summed E-state index contributed by atoms with van der Waals surface area (Å²) in [4.78, 5) is 17.8. The van der Waals surface area contributed by atoms with Crippen molar-refractivity contribution in [1.82, 2.24) is 4.98 Å². The largest absolute Gasteiger partial charge is 0.457 e. The smallest absolute Gasteiger partial charge is 0.339 e. The zero-order valence-corrected chi connectivity index (χ0v) is 16.3. The molecule has 1 heterocycles. The molecule has 132 valence electrons. The average Bonchev–Trinajstić information content (AvgIpc) is 2.65. The van der Waals surface area contributed by atoms with Crippen LogP contribution in [-0.2, 0) is 24.2 Å². The topological polar surface area (TPSA) is 39.2 Å². The van der Waals surface area contributed by atoms with Crippen molar-refractivity contribution in [1.29, 1.82) is 0 Å². The van der Waals surface area contributed by atoms with E-state index in [4.69, 9.17) is 9.72 Å². The van der Waals surface area contributed by atoms with Gasteiger partial charge in [0, 0.05) is 15.6 Å². The van der Waals surface area contributed by atoms with Crippen molar-refractivity contribution in [2.24, 2.45) is 5.92 Å². The highest BCUT2D eigenvalue weighted by atomic mass is 79.9. The van der Waals surface area contributed by atoms with Crippen molar-refractivity contribution in [3.63, 3.8) is 0 Å². The van der Waals surface area contributed by atoms with E-state index >= 15 is 0 Å². The first-order valence-electron chi connectivity index (χ1n) is 8.94. The maximum atomic E-state index is 13.0. The lowest BCUT2D eigenvalue weighted by Crippen LogP contribution is -2.19. The van der Waals surface area contributed by atoms with E-state index in [1.165, 1.54) is 0 Å². The van der Waals surface area contributed by atoms with E-state index in [1.807, 2.05) is 48.5 Å². The van der Waals surface area contributed by atoms with Gasteiger partial charge < -0.3 is 4.74 Å². The molecule has 4 heteroatoms. The molecule has 0 N–H and O–H groups in total. The van der Waals surface area contributed by atoms with Gasteiger partial charge >= 0.3 is 5.97 Å². The molecule has 26 heavy (non-hydrogen) atoms. The molecule has 0 amide bonds. The van der Waals surface area contributed by atoms with Gasteiger partial charge in [-0.3, -0.25) is 4.98 Å². The summed E-state index contributed by atoms with van der Waals surface area (Å²) in [5, 5.41) is 0.890. The van der Waals surface area contributed by atoms with E-state index in [9.17, 15) is 4.79 Å². The summed E-state index contributed by atoms with van der Waals surface area (Å²) in [5.74, 6) is 0.306. The van der Waals surface area contributed by atoms with E-state index < -0.39 is 0 Å². The summed E-state index contributed by atoms with van der Waals surface area (Å²) in [7, 11) is 0. The van der Waals surface area contributed by atoms with Crippen molar-refractivity contribution in [2.45, 2.75) is 32.8 Å². The number of ether oxygens (including phenoxy) is 1. The maximum absolute atomic E-state index is 13.0. The third-order valence-electron chi connectivity index (χ3n) is 4.99. The fraction of sp³-hybridized carbons (Fsp3) is 0.273. The number of halogens is 1. The highest BCUT2D eigenvalue weighted by Crippen LogP contribution is 2.32. The van der Waals surface area contributed by atoms with Gasteiger partial charge in [0.2, 0.25) is 0 Å². The third kappa shape index (κ3) is 3.38. The number of pyridine rings is 1. The molecule has 3 nitrogen and oxygen atoms in total. The van der Waals surface area contributed by atoms with Crippen LogP contribution in [0, 0.1) is 5.92 Å². The fourth-order valence-electron chi connectivity index (χ4n) is 3.60. The van der Waals surface area contributed by atoms with Crippen molar-refractivity contribution in [3.8, 4) is 0 Å². The van der Waals surface area contributed by atoms with E-state index in [-0.39, 0.29) is 12.6 Å². The first-order chi connectivity index (χ1) is 12.6. The molecule has 1 aromatic heterocycles. The minimum Gasteiger partial charge on any atom is -0.457 e. The zero-order chi connectivity index (χ0) is 18.1. The third-order valence-corrected chi connectivity index (χ3v) is 5.52. The van der Waals surface area contributed by atoms with Crippen LogP contribution in [0.2, 0.25) is 0 Å². The number of aryl methyl sites for hydroxylation is 1. The van der Waals surface area contributed by atoms with Gasteiger partial charge in [0.05, 0.1) is 11.1 Å². The van der Waals surface area contributed by atoms with Crippen LogP contribution < -0.4 is 0 Å². The van der Waals surface area contributed by atoms with Crippen molar-refractivity contribution in [3.05, 3.63) is 75.4 Å². The highest BCUT2D eigenvalue weighted by molar-refractivity contribution is 9.10. The molecule has 1 aliphatic carbocycles. The number of hydrogen-bond donors (Lipinski definition) is 0. The second-order valence-electron chi connectivity index (χ2n) is 6.98. The van der Waals surface area contributed by atoms with Gasteiger partial charge in [-0.25, -0.2) is 4.79 Å². The van der Waals surface area contributed by atoms with Crippen LogP contribution >= 0.6 is 15.9 Å². The number of carbonyl (C=O) groups is 1. The van der Waals surface area contributed by atoms with Gasteiger partial charge in [0.1, 0.15) is 6.61 Å². The molecule has 0 saturated carbocycles. The van der Waals surface area contributed by atoms with E-state index in [1.54, 1.807) is 0 Å². The summed E-state index contributed by atoms with van der Waals surface area (Å²) in [6, 6.07) is 15.7. The van der Waals surface area contributed by atoms with Gasteiger partial charge in [0.25, 0.3) is 0 Å². The van der Waals surface area contributed by atoms with Crippen LogP contribution in [0.3, 0.4) is 0 Å². The molecule has 1 atom stereocenters. The molecule has 3 aromatic rings. The summed E-state index contributed by atoms with van der Waals surface area (Å²) in [6.07, 6.45) is 2.93. The Kier molecular flexibility index (Phi) is 4.77. The minimum absolute atomic E-state index is 0.253. The summed E-state index contributed by atoms with van der Waals surface area (Å²) in [6.45, 7) is 2.50. The fourth-order valence-corrected chi connectivity index (χ4v) is 3.86. The maximum Gasteiger partial charge on any atom is 0.339 e. The number of hydrogen-bond acceptors (Lipinski definition) is 3. The normalized spacial score (nSPS) is 16.3. The number of fused-ring (bicyclic) bond motifs is 2. The number of carbonyl (C=O) groups excluding carboxylic acids is 1. The van der Waals surface area contributed by atoms with E-state index in [0.29, 0.717) is 11.5 Å². The number of para-hydroxylation sites is 1. The van der Waals surface area contributed by atoms with Crippen molar-refractivity contribution < 1.29 is 9.53 Å². The molecular weight excluding hydrogens is 390 g/mol. The SMILES string of the molecule is C[C@H]1CCc2nc3ccccc3c(C(=O)OCc3ccc(Br)cc3)c2C1. The molecule has 1 aliphatic rings. The molecule has 0 unspecified atom stereocenters. The van der Waals surface area contributed by atoms with Crippen LogP contribution in [0.25, 0.3) is 10.9 Å². The molecule has 0 radical (unpaired) electrons. The lowest BCUT2D eigenvalue weighted by Gasteiger charge is -2.24. The molecule has 0 spiro atoms. The van der Waals surface area contributed by atoms with Crippen LogP contribution in [-0.4, -0.2) is 11.0 Å². The van der Waals surface area contributed by atoms with Crippen molar-refractivity contribution in [2.75, 3.05) is 0 Å². The van der Waals surface area contributed by atoms with Crippen LogP contribution in [0.4, 0.5) is 0 Å². The number of rotatable bonds is 3. The predicted molar refractivity (Wildman–Crippen MR) is 106 cm³/mol. The molecule has 0 bridgehead atoms. The lowest BCUT2D eigenvalue weighted by molar-refractivity contribution is 0.0473. The Morgan fingerprint density at radius 1 is 1.19 bits per heavy atom. The monoisotopic (exact) mass is 409 g/mol. The van der Waals surface area contributed by atoms with Gasteiger partial charge in [-0.2, -0.15) is 0 Å². The Hall–Kier alpha value is -2.20. The standard InChI is InChI=1S/C22H20BrNO2/c1-14-6-11-20-18(12-14)21(17-4-2-3-5-19(17)24-20)22(25)26-13-15-7-9-16(23)10-8-15/h2-5,7-10,14H,6,11-13H2,1H3/t14-/m0/s1. The van der Waals surface area contributed by atoms with Crippen molar-refractivity contribution >= 4 is 32.8 Å². The molecule has 2 aromatic carbocycles. The van der Waals surface area contributed by atoms with Crippen LogP contribution in [0.1, 0.15) is 40.5 Å². The van der Waals surface area contributed by atoms with Gasteiger partial charge in [-0.05, 0) is 54.5 Å². The molecule has 0 saturated heterocycles. The Morgan fingerprint density at radius 3 is 2.77 bits per heavy atom. The first-order valence-corrected chi connectivity index (χ1v) is 9.73. The second-order valence-corrected chi connectivity index (χ2v) is 7.90. The molecule has 0 fully saturated rings. The number of esters is 1. The minimum atomic E-state index is -0.253. The Morgan fingerprint density at radius 2 is 1.96 bits per heavy atom. The zero-order valence-electron chi connectivity index (χ0n) is 14.7. The molecular formula is C22H20BrNO2. The van der Waals surface area contributed by atoms with Crippen LogP contribution in [0.5, 0.6) is 0 Å². The van der Waals surface area contributed by atoms with Gasteiger partial charge in [-0.1, -0.05) is 53.2 Å². The second kappa shape index (κ2) is 7.20. The Labute approximate surface area is 161 Å². The predicted octanol–water partition coefficient (Wildman–Crippen LogP) is 5.48. The Balaban J connectivity index is 1.70. The lowest BCUT2D eigenvalue weighted by atomic mass is 9.84.